The normalized spacial score (nSPS) is 10.9. The Morgan fingerprint density at radius 2 is 2.19 bits per heavy atom. The minimum Gasteiger partial charge on any atom is -0.468 e. The van der Waals surface area contributed by atoms with Crippen LogP contribution in [-0.2, 0) is 14.9 Å². The van der Waals surface area contributed by atoms with Crippen LogP contribution in [0.15, 0.2) is 18.3 Å². The first-order valence-electron chi connectivity index (χ1n) is 4.59. The molecule has 0 unspecified atom stereocenters. The number of esters is 1. The van der Waals surface area contributed by atoms with Crippen LogP contribution < -0.4 is 0 Å². The topological polar surface area (TPSA) is 82.3 Å². The number of hydrogen-bond acceptors (Lipinski definition) is 5. The molecule has 0 saturated heterocycles. The lowest BCUT2D eigenvalue weighted by molar-refractivity contribution is -0.386. The van der Waals surface area contributed by atoms with Crippen molar-refractivity contribution >= 4 is 11.7 Å². The predicted molar refractivity (Wildman–Crippen MR) is 55.9 cm³/mol. The van der Waals surface area contributed by atoms with Gasteiger partial charge in [-0.3, -0.25) is 19.9 Å². The quantitative estimate of drug-likeness (QED) is 0.440. The summed E-state index contributed by atoms with van der Waals surface area (Å²) in [5.41, 5.74) is -1.22. The van der Waals surface area contributed by atoms with Crippen LogP contribution >= 0.6 is 0 Å². The van der Waals surface area contributed by atoms with Crippen LogP contribution in [0.1, 0.15) is 19.5 Å². The highest BCUT2D eigenvalue weighted by Crippen LogP contribution is 2.30. The second kappa shape index (κ2) is 4.26. The van der Waals surface area contributed by atoms with Crippen molar-refractivity contribution < 1.29 is 14.5 Å². The zero-order valence-electron chi connectivity index (χ0n) is 9.26. The van der Waals surface area contributed by atoms with Crippen molar-refractivity contribution in [3.63, 3.8) is 0 Å². The van der Waals surface area contributed by atoms with Crippen LogP contribution in [0.2, 0.25) is 0 Å². The Balaban J connectivity index is 3.32. The monoisotopic (exact) mass is 224 g/mol. The minimum absolute atomic E-state index is 0.104. The lowest BCUT2D eigenvalue weighted by atomic mass is 9.88. The summed E-state index contributed by atoms with van der Waals surface area (Å²) in [6, 6.07) is 2.77. The number of nitrogens with zero attached hydrogens (tertiary/aromatic N) is 2. The lowest BCUT2D eigenvalue weighted by Gasteiger charge is -2.20. The standard InChI is InChI=1S/C10H12N2O4/c1-10(2,9(13)16-3)8-7(12(14)15)5-4-6-11-8/h4-6H,1-3H3. The van der Waals surface area contributed by atoms with Crippen LogP contribution in [0.3, 0.4) is 0 Å². The molecule has 1 aromatic heterocycles. The molecule has 86 valence electrons. The summed E-state index contributed by atoms with van der Waals surface area (Å²) >= 11 is 0. The molecule has 1 aromatic rings. The van der Waals surface area contributed by atoms with E-state index in [4.69, 9.17) is 0 Å². The number of ether oxygens (including phenoxy) is 1. The zero-order chi connectivity index (χ0) is 12.3. The summed E-state index contributed by atoms with van der Waals surface area (Å²) in [6.07, 6.45) is 1.41. The first-order valence-corrected chi connectivity index (χ1v) is 4.59. The number of carbonyl (C=O) groups excluding carboxylic acids is 1. The van der Waals surface area contributed by atoms with E-state index in [-0.39, 0.29) is 11.4 Å². The minimum atomic E-state index is -1.14. The highest BCUT2D eigenvalue weighted by molar-refractivity contribution is 5.82. The first-order chi connectivity index (χ1) is 7.41. The summed E-state index contributed by atoms with van der Waals surface area (Å²) in [5, 5.41) is 10.8. The molecule has 6 nitrogen and oxygen atoms in total. The van der Waals surface area contributed by atoms with Gasteiger partial charge in [0.15, 0.2) is 0 Å². The van der Waals surface area contributed by atoms with Gasteiger partial charge in [0.25, 0.3) is 5.69 Å². The molecule has 0 bridgehead atoms. The van der Waals surface area contributed by atoms with Crippen LogP contribution in [-0.4, -0.2) is 23.0 Å². The van der Waals surface area contributed by atoms with Gasteiger partial charge in [0.2, 0.25) is 0 Å². The number of carbonyl (C=O) groups is 1. The molecule has 0 atom stereocenters. The van der Waals surface area contributed by atoms with E-state index in [1.54, 1.807) is 0 Å². The third-order valence-corrected chi connectivity index (χ3v) is 2.27. The number of rotatable bonds is 3. The number of pyridine rings is 1. The fraction of sp³-hybridized carbons (Fsp3) is 0.400. The SMILES string of the molecule is COC(=O)C(C)(C)c1ncccc1[N+](=O)[O-]. The van der Waals surface area contributed by atoms with Crippen molar-refractivity contribution in [2.24, 2.45) is 0 Å². The van der Waals surface area contributed by atoms with Crippen molar-refractivity contribution in [2.75, 3.05) is 7.11 Å². The average molecular weight is 224 g/mol. The van der Waals surface area contributed by atoms with E-state index in [9.17, 15) is 14.9 Å². The van der Waals surface area contributed by atoms with Gasteiger partial charge in [-0.15, -0.1) is 0 Å². The van der Waals surface area contributed by atoms with Gasteiger partial charge < -0.3 is 4.74 Å². The Bertz CT molecular complexity index is 429. The van der Waals surface area contributed by atoms with Crippen LogP contribution in [0, 0.1) is 10.1 Å². The second-order valence-electron chi connectivity index (χ2n) is 3.74. The molecule has 0 spiro atoms. The van der Waals surface area contributed by atoms with Crippen molar-refractivity contribution in [3.8, 4) is 0 Å². The molecule has 0 aliphatic carbocycles. The molecule has 0 N–H and O–H groups in total. The van der Waals surface area contributed by atoms with Gasteiger partial charge in [0.05, 0.1) is 12.0 Å². The predicted octanol–water partition coefficient (Wildman–Crippen LogP) is 1.44. The fourth-order valence-corrected chi connectivity index (χ4v) is 1.38. The lowest BCUT2D eigenvalue weighted by Crippen LogP contribution is -2.32. The maximum atomic E-state index is 11.5. The van der Waals surface area contributed by atoms with Crippen LogP contribution in [0.25, 0.3) is 0 Å². The number of nitro groups is 1. The van der Waals surface area contributed by atoms with E-state index in [0.717, 1.165) is 0 Å². The van der Waals surface area contributed by atoms with E-state index < -0.39 is 16.3 Å². The van der Waals surface area contributed by atoms with E-state index >= 15 is 0 Å². The maximum Gasteiger partial charge on any atom is 0.317 e. The van der Waals surface area contributed by atoms with Crippen molar-refractivity contribution in [1.29, 1.82) is 0 Å². The molecule has 0 aromatic carbocycles. The summed E-state index contributed by atoms with van der Waals surface area (Å²) in [7, 11) is 1.23. The number of aromatic nitrogens is 1. The first kappa shape index (κ1) is 12.1. The number of methoxy groups -OCH3 is 1. The Labute approximate surface area is 92.4 Å². The molecule has 0 radical (unpaired) electrons. The molecule has 1 heterocycles. The molecule has 0 saturated carbocycles. The Morgan fingerprint density at radius 3 is 2.69 bits per heavy atom. The second-order valence-corrected chi connectivity index (χ2v) is 3.74. The van der Waals surface area contributed by atoms with Gasteiger partial charge in [-0.1, -0.05) is 0 Å². The molecule has 0 aliphatic rings. The van der Waals surface area contributed by atoms with Crippen LogP contribution in [0.4, 0.5) is 5.69 Å². The summed E-state index contributed by atoms with van der Waals surface area (Å²) < 4.78 is 4.60. The molecular formula is C10H12N2O4. The van der Waals surface area contributed by atoms with E-state index in [2.05, 4.69) is 9.72 Å². The van der Waals surface area contributed by atoms with Gasteiger partial charge in [-0.05, 0) is 19.9 Å². The van der Waals surface area contributed by atoms with Crippen LogP contribution in [0.5, 0.6) is 0 Å². The highest BCUT2D eigenvalue weighted by atomic mass is 16.6. The molecule has 0 aliphatic heterocycles. The number of hydrogen-bond donors (Lipinski definition) is 0. The smallest absolute Gasteiger partial charge is 0.317 e. The third kappa shape index (κ3) is 2.00. The maximum absolute atomic E-state index is 11.5. The molecule has 16 heavy (non-hydrogen) atoms. The van der Waals surface area contributed by atoms with Crippen molar-refractivity contribution in [3.05, 3.63) is 34.1 Å². The Morgan fingerprint density at radius 1 is 1.56 bits per heavy atom. The largest absolute Gasteiger partial charge is 0.468 e. The van der Waals surface area contributed by atoms with Crippen molar-refractivity contribution in [2.45, 2.75) is 19.3 Å². The Kier molecular flexibility index (Phi) is 3.22. The van der Waals surface area contributed by atoms with Gasteiger partial charge >= 0.3 is 5.97 Å². The molecule has 0 amide bonds. The molecule has 1 rings (SSSR count). The molecule has 6 heteroatoms. The van der Waals surface area contributed by atoms with E-state index in [1.165, 1.54) is 39.3 Å². The van der Waals surface area contributed by atoms with Crippen molar-refractivity contribution in [1.82, 2.24) is 4.98 Å². The van der Waals surface area contributed by atoms with Gasteiger partial charge in [0.1, 0.15) is 11.1 Å². The summed E-state index contributed by atoms with van der Waals surface area (Å²) in [5.74, 6) is -0.561. The molecule has 0 fully saturated rings. The van der Waals surface area contributed by atoms with Gasteiger partial charge in [-0.2, -0.15) is 0 Å². The van der Waals surface area contributed by atoms with Gasteiger partial charge in [-0.25, -0.2) is 0 Å². The third-order valence-electron chi connectivity index (χ3n) is 2.27. The average Bonchev–Trinajstić information content (AvgIpc) is 2.27. The van der Waals surface area contributed by atoms with Gasteiger partial charge in [0, 0.05) is 12.3 Å². The highest BCUT2D eigenvalue weighted by Gasteiger charge is 2.38. The molecular weight excluding hydrogens is 212 g/mol. The summed E-state index contributed by atoms with van der Waals surface area (Å²) in [4.78, 5) is 25.7. The van der Waals surface area contributed by atoms with E-state index in [0.29, 0.717) is 0 Å². The Hall–Kier alpha value is -1.98. The van der Waals surface area contributed by atoms with E-state index in [1.807, 2.05) is 0 Å². The summed E-state index contributed by atoms with van der Waals surface area (Å²) in [6.45, 7) is 3.07. The fourth-order valence-electron chi connectivity index (χ4n) is 1.38. The zero-order valence-corrected chi connectivity index (χ0v) is 9.26.